The van der Waals surface area contributed by atoms with Gasteiger partial charge in [-0.1, -0.05) is 6.07 Å². The average molecular weight is 382 g/mol. The quantitative estimate of drug-likeness (QED) is 0.392. The Kier molecular flexibility index (Phi) is 5.30. The number of aromatic nitrogens is 4. The monoisotopic (exact) mass is 382 g/mol. The van der Waals surface area contributed by atoms with Crippen LogP contribution in [0.15, 0.2) is 36.7 Å². The smallest absolute Gasteiger partial charge is 0.339 e. The summed E-state index contributed by atoms with van der Waals surface area (Å²) in [5.74, 6) is 0.0484. The molecule has 10 heteroatoms. The minimum Gasteiger partial charge on any atom is -0.465 e. The number of carbonyl (C=O) groups excluding carboxylic acids is 1. The number of methoxy groups -OCH3 is 1. The lowest BCUT2D eigenvalue weighted by molar-refractivity contribution is -0.384. The summed E-state index contributed by atoms with van der Waals surface area (Å²) in [6.45, 7) is 4.13. The molecule has 3 aromatic heterocycles. The van der Waals surface area contributed by atoms with Crippen molar-refractivity contribution in [3.05, 3.63) is 69.3 Å². The van der Waals surface area contributed by atoms with E-state index in [0.29, 0.717) is 5.82 Å². The number of carbonyl (C=O) groups is 1. The summed E-state index contributed by atoms with van der Waals surface area (Å²) >= 11 is 0. The topological polar surface area (TPSA) is 125 Å². The van der Waals surface area contributed by atoms with Crippen LogP contribution in [0.2, 0.25) is 0 Å². The summed E-state index contributed by atoms with van der Waals surface area (Å²) in [6, 6.07) is 6.75. The lowest BCUT2D eigenvalue weighted by Crippen LogP contribution is -2.09. The van der Waals surface area contributed by atoms with E-state index in [2.05, 4.69) is 25.1 Å². The molecule has 0 aliphatic carbocycles. The van der Waals surface area contributed by atoms with Gasteiger partial charge in [0.1, 0.15) is 0 Å². The fourth-order valence-electron chi connectivity index (χ4n) is 2.65. The largest absolute Gasteiger partial charge is 0.465 e. The molecule has 10 nitrogen and oxygen atoms in total. The summed E-state index contributed by atoms with van der Waals surface area (Å²) in [5, 5.41) is 18.6. The number of nitrogens with zero attached hydrogens (tertiary/aromatic N) is 5. The highest BCUT2D eigenvalue weighted by atomic mass is 16.6. The first-order valence-electron chi connectivity index (χ1n) is 8.34. The van der Waals surface area contributed by atoms with Gasteiger partial charge in [0.05, 0.1) is 23.3 Å². The lowest BCUT2D eigenvalue weighted by atomic mass is 10.2. The maximum atomic E-state index is 11.5. The van der Waals surface area contributed by atoms with E-state index in [9.17, 15) is 14.9 Å². The fraction of sp³-hybridized carbons (Fsp3) is 0.222. The Morgan fingerprint density at radius 2 is 2.04 bits per heavy atom. The van der Waals surface area contributed by atoms with Crippen LogP contribution in [-0.2, 0) is 11.3 Å². The molecule has 3 aromatic rings. The summed E-state index contributed by atoms with van der Waals surface area (Å²) < 4.78 is 6.30. The number of aryl methyl sites for hydroxylation is 2. The van der Waals surface area contributed by atoms with Gasteiger partial charge in [-0.3, -0.25) is 10.1 Å². The fourth-order valence-corrected chi connectivity index (χ4v) is 2.65. The molecule has 0 spiro atoms. The number of ether oxygens (including phenoxy) is 1. The van der Waals surface area contributed by atoms with Gasteiger partial charge in [0.2, 0.25) is 5.82 Å². The Hall–Kier alpha value is -3.82. The van der Waals surface area contributed by atoms with E-state index in [1.165, 1.54) is 13.3 Å². The second-order valence-electron chi connectivity index (χ2n) is 6.06. The summed E-state index contributed by atoms with van der Waals surface area (Å²) in [6.07, 6.45) is 2.89. The first-order chi connectivity index (χ1) is 13.4. The van der Waals surface area contributed by atoms with E-state index < -0.39 is 10.9 Å². The van der Waals surface area contributed by atoms with Crippen molar-refractivity contribution in [3.63, 3.8) is 0 Å². The van der Waals surface area contributed by atoms with Gasteiger partial charge in [0, 0.05) is 30.7 Å². The third-order valence-corrected chi connectivity index (χ3v) is 3.98. The Morgan fingerprint density at radius 1 is 1.25 bits per heavy atom. The van der Waals surface area contributed by atoms with Crippen LogP contribution in [0.5, 0.6) is 0 Å². The number of anilines is 1. The number of hydrogen-bond donors (Lipinski definition) is 1. The van der Waals surface area contributed by atoms with Crippen molar-refractivity contribution < 1.29 is 14.5 Å². The molecular weight excluding hydrogens is 364 g/mol. The standard InChI is InChI=1S/C18H18N6O4/c1-11-6-12(2)23(22-11)16-5-4-13(8-19-16)9-20-17-15(24(26)27)7-14(10-21-17)18(25)28-3/h4-8,10H,9H2,1-3H3,(H,20,21). The van der Waals surface area contributed by atoms with E-state index in [1.54, 1.807) is 10.9 Å². The lowest BCUT2D eigenvalue weighted by Gasteiger charge is -2.08. The van der Waals surface area contributed by atoms with Crippen molar-refractivity contribution in [3.8, 4) is 5.82 Å². The maximum Gasteiger partial charge on any atom is 0.339 e. The Labute approximate surface area is 160 Å². The maximum absolute atomic E-state index is 11.5. The van der Waals surface area contributed by atoms with Crippen LogP contribution in [0.25, 0.3) is 5.82 Å². The predicted octanol–water partition coefficient (Wildman–Crippen LogP) is 2.59. The van der Waals surface area contributed by atoms with Gasteiger partial charge in [-0.15, -0.1) is 0 Å². The van der Waals surface area contributed by atoms with Gasteiger partial charge in [-0.2, -0.15) is 5.10 Å². The Balaban J connectivity index is 1.76. The molecule has 0 aliphatic rings. The molecule has 0 unspecified atom stereocenters. The number of rotatable bonds is 6. The molecule has 1 N–H and O–H groups in total. The molecule has 3 heterocycles. The predicted molar refractivity (Wildman–Crippen MR) is 100 cm³/mol. The second kappa shape index (κ2) is 7.82. The van der Waals surface area contributed by atoms with Crippen molar-refractivity contribution in [2.45, 2.75) is 20.4 Å². The number of nitro groups is 1. The van der Waals surface area contributed by atoms with Crippen LogP contribution in [0.1, 0.15) is 27.3 Å². The molecule has 0 amide bonds. The van der Waals surface area contributed by atoms with Gasteiger partial charge < -0.3 is 10.1 Å². The van der Waals surface area contributed by atoms with Crippen molar-refractivity contribution in [2.75, 3.05) is 12.4 Å². The molecule has 0 saturated heterocycles. The number of pyridine rings is 2. The molecule has 144 valence electrons. The Bertz CT molecular complexity index is 1030. The molecule has 0 aliphatic heterocycles. The highest BCUT2D eigenvalue weighted by Crippen LogP contribution is 2.23. The van der Waals surface area contributed by atoms with E-state index in [4.69, 9.17) is 0 Å². The Morgan fingerprint density at radius 3 is 2.61 bits per heavy atom. The zero-order valence-electron chi connectivity index (χ0n) is 15.5. The van der Waals surface area contributed by atoms with Gasteiger partial charge in [0.15, 0.2) is 5.82 Å². The van der Waals surface area contributed by atoms with Crippen LogP contribution in [-0.4, -0.2) is 37.8 Å². The van der Waals surface area contributed by atoms with Crippen LogP contribution in [0.4, 0.5) is 11.5 Å². The molecule has 28 heavy (non-hydrogen) atoms. The molecule has 0 aromatic carbocycles. The van der Waals surface area contributed by atoms with E-state index in [1.807, 2.05) is 32.0 Å². The first-order valence-corrected chi connectivity index (χ1v) is 8.34. The van der Waals surface area contributed by atoms with Crippen molar-refractivity contribution in [1.29, 1.82) is 0 Å². The van der Waals surface area contributed by atoms with Gasteiger partial charge in [-0.25, -0.2) is 19.4 Å². The van der Waals surface area contributed by atoms with Gasteiger partial charge in [-0.05, 0) is 31.5 Å². The average Bonchev–Trinajstić information content (AvgIpc) is 3.04. The van der Waals surface area contributed by atoms with Gasteiger partial charge in [0.25, 0.3) is 0 Å². The minimum atomic E-state index is -0.689. The van der Waals surface area contributed by atoms with Crippen molar-refractivity contribution >= 4 is 17.5 Å². The summed E-state index contributed by atoms with van der Waals surface area (Å²) in [5.41, 5.74) is 2.38. The zero-order valence-corrected chi connectivity index (χ0v) is 15.5. The molecular formula is C18H18N6O4. The SMILES string of the molecule is COC(=O)c1cnc(NCc2ccc(-n3nc(C)cc3C)nc2)c([N+](=O)[O-])c1. The summed E-state index contributed by atoms with van der Waals surface area (Å²) in [7, 11) is 1.20. The molecule has 0 saturated carbocycles. The molecule has 3 rings (SSSR count). The molecule has 0 radical (unpaired) electrons. The van der Waals surface area contributed by atoms with E-state index >= 15 is 0 Å². The number of hydrogen-bond acceptors (Lipinski definition) is 8. The van der Waals surface area contributed by atoms with Crippen molar-refractivity contribution in [1.82, 2.24) is 19.7 Å². The van der Waals surface area contributed by atoms with Crippen LogP contribution < -0.4 is 5.32 Å². The van der Waals surface area contributed by atoms with Crippen LogP contribution in [0, 0.1) is 24.0 Å². The van der Waals surface area contributed by atoms with Gasteiger partial charge >= 0.3 is 11.7 Å². The molecule has 0 bridgehead atoms. The molecule has 0 atom stereocenters. The zero-order chi connectivity index (χ0) is 20.3. The number of esters is 1. The van der Waals surface area contributed by atoms with Crippen molar-refractivity contribution in [2.24, 2.45) is 0 Å². The number of nitrogens with one attached hydrogen (secondary N) is 1. The highest BCUT2D eigenvalue weighted by molar-refractivity contribution is 5.90. The first kappa shape index (κ1) is 19.0. The normalized spacial score (nSPS) is 10.5. The molecule has 0 fully saturated rings. The third-order valence-electron chi connectivity index (χ3n) is 3.98. The minimum absolute atomic E-state index is 0.00987. The van der Waals surface area contributed by atoms with Crippen LogP contribution >= 0.6 is 0 Å². The van der Waals surface area contributed by atoms with Crippen LogP contribution in [0.3, 0.4) is 0 Å². The highest BCUT2D eigenvalue weighted by Gasteiger charge is 2.19. The van der Waals surface area contributed by atoms with E-state index in [-0.39, 0.29) is 23.6 Å². The summed E-state index contributed by atoms with van der Waals surface area (Å²) in [4.78, 5) is 30.6. The third kappa shape index (κ3) is 3.95. The van der Waals surface area contributed by atoms with E-state index in [0.717, 1.165) is 23.0 Å². The second-order valence-corrected chi connectivity index (χ2v) is 6.06.